The van der Waals surface area contributed by atoms with Crippen LogP contribution in [0.4, 0.5) is 5.69 Å². The minimum absolute atomic E-state index is 0.0341. The van der Waals surface area contributed by atoms with E-state index in [9.17, 15) is 10.1 Å². The monoisotopic (exact) mass is 515 g/mol. The van der Waals surface area contributed by atoms with Gasteiger partial charge in [0, 0.05) is 55.5 Å². The highest BCUT2D eigenvalue weighted by Gasteiger charge is 2.19. The molecule has 0 aliphatic carbocycles. The van der Waals surface area contributed by atoms with Gasteiger partial charge in [0.1, 0.15) is 11.4 Å². The third-order valence-electron chi connectivity index (χ3n) is 6.54. The molecule has 0 spiro atoms. The number of amides is 1. The lowest BCUT2D eigenvalue weighted by atomic mass is 10.1. The molecular weight excluding hydrogens is 490 g/mol. The van der Waals surface area contributed by atoms with E-state index in [2.05, 4.69) is 37.0 Å². The number of rotatable bonds is 8. The molecule has 0 bridgehead atoms. The average molecular weight is 516 g/mol. The smallest absolute Gasteiger partial charge is 0.322 e. The molecule has 9 nitrogen and oxygen atoms in total. The topological polar surface area (TPSA) is 124 Å². The first-order chi connectivity index (χ1) is 18.0. The van der Waals surface area contributed by atoms with Gasteiger partial charge in [0.25, 0.3) is 5.91 Å². The first kappa shape index (κ1) is 24.6. The van der Waals surface area contributed by atoms with Gasteiger partial charge in [-0.05, 0) is 61.3 Å². The number of anilines is 1. The predicted molar refractivity (Wildman–Crippen MR) is 142 cm³/mol. The quantitative estimate of drug-likeness (QED) is 0.361. The fourth-order valence-electron chi connectivity index (χ4n) is 4.60. The van der Waals surface area contributed by atoms with Crippen LogP contribution in [0, 0.1) is 11.3 Å². The van der Waals surface area contributed by atoms with Crippen molar-refractivity contribution in [2.45, 2.75) is 12.8 Å². The number of benzene rings is 2. The maximum absolute atomic E-state index is 11.3. The maximum Gasteiger partial charge on any atom is 0.322 e. The number of nitrogens with zero attached hydrogens (tertiary/aromatic N) is 5. The van der Waals surface area contributed by atoms with Crippen molar-refractivity contribution in [3.8, 4) is 17.8 Å². The number of hydrogen-bond acceptors (Lipinski definition) is 7. The summed E-state index contributed by atoms with van der Waals surface area (Å²) in [5.41, 5.74) is 9.32. The molecule has 1 fully saturated rings. The van der Waals surface area contributed by atoms with Crippen LogP contribution in [0.1, 0.15) is 28.0 Å². The zero-order valence-electron chi connectivity index (χ0n) is 20.2. The Morgan fingerprint density at radius 1 is 1.16 bits per heavy atom. The van der Waals surface area contributed by atoms with Gasteiger partial charge in [0.05, 0.1) is 22.3 Å². The molecule has 2 aromatic carbocycles. The molecular formula is C27H26ClN7O2. The Hall–Kier alpha value is -4.13. The van der Waals surface area contributed by atoms with Gasteiger partial charge >= 0.3 is 6.01 Å². The van der Waals surface area contributed by atoms with Crippen LogP contribution in [0.15, 0.2) is 54.9 Å². The fourth-order valence-corrected chi connectivity index (χ4v) is 4.89. The van der Waals surface area contributed by atoms with Gasteiger partial charge in [-0.15, -0.1) is 0 Å². The van der Waals surface area contributed by atoms with Crippen molar-refractivity contribution < 1.29 is 9.53 Å². The molecule has 3 heterocycles. The summed E-state index contributed by atoms with van der Waals surface area (Å²) in [6.07, 6.45) is 5.49. The second kappa shape index (κ2) is 10.9. The summed E-state index contributed by atoms with van der Waals surface area (Å²) in [7, 11) is 0. The highest BCUT2D eigenvalue weighted by molar-refractivity contribution is 6.33. The number of fused-ring (bicyclic) bond motifs is 1. The molecule has 4 aromatic rings. The molecule has 37 heavy (non-hydrogen) atoms. The van der Waals surface area contributed by atoms with Crippen LogP contribution in [0.25, 0.3) is 10.9 Å². The highest BCUT2D eigenvalue weighted by Crippen LogP contribution is 2.32. The number of aryl methyl sites for hydroxylation is 1. The molecule has 0 atom stereocenters. The van der Waals surface area contributed by atoms with Crippen LogP contribution >= 0.6 is 11.6 Å². The van der Waals surface area contributed by atoms with Crippen LogP contribution in [0.2, 0.25) is 5.02 Å². The maximum atomic E-state index is 11.3. The van der Waals surface area contributed by atoms with Crippen molar-refractivity contribution in [3.63, 3.8) is 0 Å². The predicted octanol–water partition coefficient (Wildman–Crippen LogP) is 4.13. The van der Waals surface area contributed by atoms with Gasteiger partial charge in [-0.25, -0.2) is 4.98 Å². The first-order valence-electron chi connectivity index (χ1n) is 12.1. The standard InChI is InChI=1S/C27H26ClN7O2/c28-22-15-20(37-27-31-8-7-24(33-27)26(30)36)4-6-25(22)35-12-10-34(11-13-35)9-1-2-19-17-32-23-5-3-18(16-29)14-21(19)23/h3-8,14-15,17,32H,1-2,9-13H2,(H2,30,36). The Kier molecular flexibility index (Phi) is 7.21. The lowest BCUT2D eigenvalue weighted by Gasteiger charge is -2.36. The van der Waals surface area contributed by atoms with E-state index in [1.807, 2.05) is 30.3 Å². The number of hydrogen-bond donors (Lipinski definition) is 2. The van der Waals surface area contributed by atoms with Crippen molar-refractivity contribution >= 4 is 34.1 Å². The number of H-pyrrole nitrogens is 1. The van der Waals surface area contributed by atoms with Gasteiger partial charge < -0.3 is 20.4 Å². The summed E-state index contributed by atoms with van der Waals surface area (Å²) in [5, 5.41) is 10.9. The fraction of sp³-hybridized carbons (Fsp3) is 0.259. The average Bonchev–Trinajstić information content (AvgIpc) is 3.31. The van der Waals surface area contributed by atoms with Crippen molar-refractivity contribution in [1.82, 2.24) is 19.9 Å². The minimum atomic E-state index is -0.646. The van der Waals surface area contributed by atoms with Gasteiger partial charge in [-0.2, -0.15) is 10.2 Å². The third kappa shape index (κ3) is 5.66. The van der Waals surface area contributed by atoms with E-state index in [1.54, 1.807) is 6.07 Å². The second-order valence-electron chi connectivity index (χ2n) is 8.92. The summed E-state index contributed by atoms with van der Waals surface area (Å²) >= 11 is 6.58. The molecule has 10 heteroatoms. The normalized spacial score (nSPS) is 14.0. The van der Waals surface area contributed by atoms with E-state index in [4.69, 9.17) is 22.1 Å². The van der Waals surface area contributed by atoms with Gasteiger partial charge in [-0.3, -0.25) is 9.69 Å². The zero-order valence-corrected chi connectivity index (χ0v) is 20.9. The van der Waals surface area contributed by atoms with Crippen molar-refractivity contribution in [2.24, 2.45) is 5.73 Å². The number of carbonyl (C=O) groups is 1. The molecule has 0 unspecified atom stereocenters. The van der Waals surface area contributed by atoms with Crippen molar-refractivity contribution in [3.05, 3.63) is 76.7 Å². The molecule has 5 rings (SSSR count). The van der Waals surface area contributed by atoms with Crippen molar-refractivity contribution in [1.29, 1.82) is 5.26 Å². The molecule has 0 saturated carbocycles. The lowest BCUT2D eigenvalue weighted by molar-refractivity contribution is 0.0994. The van der Waals surface area contributed by atoms with Crippen LogP contribution in [0.3, 0.4) is 0 Å². The number of primary amides is 1. The van der Waals surface area contributed by atoms with Crippen LogP contribution < -0.4 is 15.4 Å². The Morgan fingerprint density at radius 3 is 2.76 bits per heavy atom. The number of halogens is 1. The summed E-state index contributed by atoms with van der Waals surface area (Å²) < 4.78 is 5.66. The lowest BCUT2D eigenvalue weighted by Crippen LogP contribution is -2.46. The van der Waals surface area contributed by atoms with E-state index in [0.29, 0.717) is 16.3 Å². The Bertz CT molecular complexity index is 1470. The summed E-state index contributed by atoms with van der Waals surface area (Å²) in [6.45, 7) is 4.68. The molecule has 188 valence electrons. The summed E-state index contributed by atoms with van der Waals surface area (Å²) in [6, 6.07) is 14.9. The van der Waals surface area contributed by atoms with E-state index in [0.717, 1.165) is 62.2 Å². The Morgan fingerprint density at radius 2 is 2.00 bits per heavy atom. The third-order valence-corrected chi connectivity index (χ3v) is 6.85. The number of nitriles is 1. The van der Waals surface area contributed by atoms with Gasteiger partial charge in [-0.1, -0.05) is 11.6 Å². The second-order valence-corrected chi connectivity index (χ2v) is 9.33. The van der Waals surface area contributed by atoms with E-state index in [1.165, 1.54) is 17.8 Å². The van der Waals surface area contributed by atoms with Crippen molar-refractivity contribution in [2.75, 3.05) is 37.6 Å². The first-order valence-corrected chi connectivity index (χ1v) is 12.5. The Labute approximate surface area is 219 Å². The number of nitrogens with two attached hydrogens (primary N) is 1. The summed E-state index contributed by atoms with van der Waals surface area (Å²) in [5.74, 6) is -0.167. The van der Waals surface area contributed by atoms with Crippen LogP contribution in [-0.2, 0) is 6.42 Å². The van der Waals surface area contributed by atoms with E-state index < -0.39 is 5.91 Å². The van der Waals surface area contributed by atoms with E-state index >= 15 is 0 Å². The van der Waals surface area contributed by atoms with Gasteiger partial charge in [0.2, 0.25) is 0 Å². The molecule has 1 aliphatic rings. The largest absolute Gasteiger partial charge is 0.424 e. The number of carbonyl (C=O) groups excluding carboxylic acids is 1. The molecule has 1 amide bonds. The molecule has 1 saturated heterocycles. The highest BCUT2D eigenvalue weighted by atomic mass is 35.5. The molecule has 1 aliphatic heterocycles. The Balaban J connectivity index is 1.13. The molecule has 3 N–H and O–H groups in total. The van der Waals surface area contributed by atoms with Crippen LogP contribution in [-0.4, -0.2) is 58.5 Å². The number of aromatic amines is 1. The minimum Gasteiger partial charge on any atom is -0.424 e. The molecule has 2 aromatic heterocycles. The number of aromatic nitrogens is 3. The number of ether oxygens (including phenoxy) is 1. The summed E-state index contributed by atoms with van der Waals surface area (Å²) in [4.78, 5) is 27.4. The van der Waals surface area contributed by atoms with Gasteiger partial charge in [0.15, 0.2) is 0 Å². The van der Waals surface area contributed by atoms with Crippen LogP contribution in [0.5, 0.6) is 11.8 Å². The zero-order chi connectivity index (χ0) is 25.8. The van der Waals surface area contributed by atoms with E-state index in [-0.39, 0.29) is 11.7 Å². The molecule has 0 radical (unpaired) electrons. The number of nitrogens with one attached hydrogen (secondary N) is 1. The number of piperazine rings is 1. The SMILES string of the molecule is N#Cc1ccc2[nH]cc(CCCN3CCN(c4ccc(Oc5nccc(C(N)=O)n5)cc4Cl)CC3)c2c1.